The summed E-state index contributed by atoms with van der Waals surface area (Å²) in [7, 11) is 3.15. The zero-order valence-corrected chi connectivity index (χ0v) is 11.5. The van der Waals surface area contributed by atoms with Crippen LogP contribution in [0.3, 0.4) is 0 Å². The average Bonchev–Trinajstić information content (AvgIpc) is 2.44. The summed E-state index contributed by atoms with van der Waals surface area (Å²) in [6, 6.07) is 10.6. The Morgan fingerprint density at radius 3 is 2.35 bits per heavy atom. The molecule has 0 aromatic heterocycles. The van der Waals surface area contributed by atoms with Gasteiger partial charge in [0.1, 0.15) is 17.2 Å². The van der Waals surface area contributed by atoms with E-state index in [2.05, 4.69) is 0 Å². The molecule has 0 atom stereocenters. The number of phenols is 1. The largest absolute Gasteiger partial charge is 0.508 e. The van der Waals surface area contributed by atoms with Crippen LogP contribution in [0.25, 0.3) is 12.2 Å². The first-order valence-corrected chi connectivity index (χ1v) is 6.12. The number of nitrogens with two attached hydrogens (primary N) is 1. The van der Waals surface area contributed by atoms with Gasteiger partial charge < -0.3 is 20.3 Å². The van der Waals surface area contributed by atoms with Gasteiger partial charge in [0, 0.05) is 6.07 Å². The van der Waals surface area contributed by atoms with Gasteiger partial charge in [-0.3, -0.25) is 0 Å². The molecule has 0 radical (unpaired) electrons. The summed E-state index contributed by atoms with van der Waals surface area (Å²) >= 11 is 0. The highest BCUT2D eigenvalue weighted by Gasteiger charge is 2.00. The monoisotopic (exact) mass is 271 g/mol. The van der Waals surface area contributed by atoms with Crippen LogP contribution in [-0.2, 0) is 0 Å². The number of hydrogen-bond donors (Lipinski definition) is 2. The predicted octanol–water partition coefficient (Wildman–Crippen LogP) is 3.16. The van der Waals surface area contributed by atoms with Gasteiger partial charge >= 0.3 is 0 Å². The van der Waals surface area contributed by atoms with E-state index >= 15 is 0 Å². The van der Waals surface area contributed by atoms with Crippen molar-refractivity contribution in [3.63, 3.8) is 0 Å². The summed E-state index contributed by atoms with van der Waals surface area (Å²) in [6.45, 7) is 0. The normalized spacial score (nSPS) is 10.7. The number of ether oxygens (including phenoxy) is 2. The van der Waals surface area contributed by atoms with Gasteiger partial charge in [-0.25, -0.2) is 0 Å². The van der Waals surface area contributed by atoms with Crippen LogP contribution in [0, 0.1) is 0 Å². The van der Waals surface area contributed by atoms with Crippen LogP contribution in [0.1, 0.15) is 11.1 Å². The lowest BCUT2D eigenvalue weighted by Crippen LogP contribution is -1.92. The molecule has 0 amide bonds. The molecule has 0 bridgehead atoms. The Labute approximate surface area is 118 Å². The molecule has 4 heteroatoms. The molecule has 0 aliphatic rings. The van der Waals surface area contributed by atoms with E-state index in [1.54, 1.807) is 26.4 Å². The van der Waals surface area contributed by atoms with E-state index in [4.69, 9.17) is 15.2 Å². The van der Waals surface area contributed by atoms with E-state index < -0.39 is 0 Å². The Hall–Kier alpha value is -2.62. The van der Waals surface area contributed by atoms with Crippen LogP contribution in [-0.4, -0.2) is 19.3 Å². The van der Waals surface area contributed by atoms with Gasteiger partial charge in [0.15, 0.2) is 0 Å². The number of benzene rings is 2. The fourth-order valence-corrected chi connectivity index (χ4v) is 1.87. The highest BCUT2D eigenvalue weighted by molar-refractivity contribution is 5.73. The predicted molar refractivity (Wildman–Crippen MR) is 81.0 cm³/mol. The maximum atomic E-state index is 9.58. The van der Waals surface area contributed by atoms with Gasteiger partial charge in [-0.05, 0) is 35.4 Å². The zero-order valence-electron chi connectivity index (χ0n) is 11.5. The highest BCUT2D eigenvalue weighted by atomic mass is 16.5. The standard InChI is InChI=1S/C16H17NO3/c1-19-14-8-12(7-13(18)10-14)4-3-11-5-6-16(20-2)15(17)9-11/h3-10,18H,17H2,1-2H3/b4-3-. The van der Waals surface area contributed by atoms with Crippen LogP contribution >= 0.6 is 0 Å². The van der Waals surface area contributed by atoms with Crippen LogP contribution in [0.4, 0.5) is 5.69 Å². The maximum Gasteiger partial charge on any atom is 0.141 e. The molecule has 2 aromatic carbocycles. The summed E-state index contributed by atoms with van der Waals surface area (Å²) in [5.41, 5.74) is 8.23. The number of phenolic OH excluding ortho intramolecular Hbond substituents is 1. The van der Waals surface area contributed by atoms with E-state index in [1.165, 1.54) is 0 Å². The van der Waals surface area contributed by atoms with E-state index in [0.717, 1.165) is 11.1 Å². The van der Waals surface area contributed by atoms with Crippen LogP contribution in [0.5, 0.6) is 17.2 Å². The minimum atomic E-state index is 0.165. The van der Waals surface area contributed by atoms with Crippen molar-refractivity contribution in [3.05, 3.63) is 47.5 Å². The molecule has 0 spiro atoms. The second-order valence-electron chi connectivity index (χ2n) is 4.30. The third-order valence-electron chi connectivity index (χ3n) is 2.87. The Morgan fingerprint density at radius 1 is 0.950 bits per heavy atom. The van der Waals surface area contributed by atoms with Gasteiger partial charge in [0.05, 0.1) is 19.9 Å². The average molecular weight is 271 g/mol. The van der Waals surface area contributed by atoms with Crippen LogP contribution in [0.15, 0.2) is 36.4 Å². The molecule has 3 N–H and O–H groups in total. The van der Waals surface area contributed by atoms with Crippen LogP contribution in [0.2, 0.25) is 0 Å². The smallest absolute Gasteiger partial charge is 0.141 e. The van der Waals surface area contributed by atoms with E-state index in [0.29, 0.717) is 17.2 Å². The van der Waals surface area contributed by atoms with Crippen LogP contribution < -0.4 is 15.2 Å². The van der Waals surface area contributed by atoms with Crippen molar-refractivity contribution in [2.45, 2.75) is 0 Å². The minimum Gasteiger partial charge on any atom is -0.508 e. The molecule has 0 saturated carbocycles. The second-order valence-corrected chi connectivity index (χ2v) is 4.30. The fourth-order valence-electron chi connectivity index (χ4n) is 1.87. The second kappa shape index (κ2) is 6.02. The Morgan fingerprint density at radius 2 is 1.70 bits per heavy atom. The lowest BCUT2D eigenvalue weighted by molar-refractivity contribution is 0.407. The first-order chi connectivity index (χ1) is 9.62. The Kier molecular flexibility index (Phi) is 4.15. The molecule has 0 saturated heterocycles. The van der Waals surface area contributed by atoms with Gasteiger partial charge in [-0.15, -0.1) is 0 Å². The number of anilines is 1. The van der Waals surface area contributed by atoms with E-state index in [1.807, 2.05) is 36.4 Å². The lowest BCUT2D eigenvalue weighted by Gasteiger charge is -2.05. The molecule has 0 aliphatic heterocycles. The summed E-state index contributed by atoms with van der Waals surface area (Å²) in [5.74, 6) is 1.43. The first-order valence-electron chi connectivity index (χ1n) is 6.12. The molecule has 0 heterocycles. The Bertz CT molecular complexity index is 636. The number of nitrogen functional groups attached to an aromatic ring is 1. The van der Waals surface area contributed by atoms with E-state index in [9.17, 15) is 5.11 Å². The number of hydrogen-bond acceptors (Lipinski definition) is 4. The SMILES string of the molecule is COc1cc(O)cc(/C=C\c2ccc(OC)c(N)c2)c1. The lowest BCUT2D eigenvalue weighted by atomic mass is 10.1. The molecule has 2 aromatic rings. The van der Waals surface area contributed by atoms with Crippen molar-refractivity contribution < 1.29 is 14.6 Å². The maximum absolute atomic E-state index is 9.58. The molecule has 104 valence electrons. The third-order valence-corrected chi connectivity index (χ3v) is 2.87. The van der Waals surface area contributed by atoms with Crippen molar-refractivity contribution in [2.24, 2.45) is 0 Å². The van der Waals surface area contributed by atoms with Gasteiger partial charge in [-0.1, -0.05) is 18.2 Å². The number of methoxy groups -OCH3 is 2. The van der Waals surface area contributed by atoms with Crippen molar-refractivity contribution in [3.8, 4) is 17.2 Å². The summed E-state index contributed by atoms with van der Waals surface area (Å²) in [6.07, 6.45) is 3.79. The van der Waals surface area contributed by atoms with Gasteiger partial charge in [-0.2, -0.15) is 0 Å². The first kappa shape index (κ1) is 13.8. The van der Waals surface area contributed by atoms with Crippen molar-refractivity contribution in [1.29, 1.82) is 0 Å². The zero-order chi connectivity index (χ0) is 14.5. The topological polar surface area (TPSA) is 64.7 Å². The number of rotatable bonds is 4. The molecule has 2 rings (SSSR count). The van der Waals surface area contributed by atoms with Crippen molar-refractivity contribution in [1.82, 2.24) is 0 Å². The highest BCUT2D eigenvalue weighted by Crippen LogP contribution is 2.25. The quantitative estimate of drug-likeness (QED) is 0.662. The van der Waals surface area contributed by atoms with Crippen molar-refractivity contribution in [2.75, 3.05) is 20.0 Å². The molecule has 4 nitrogen and oxygen atoms in total. The fraction of sp³-hybridized carbons (Fsp3) is 0.125. The molecule has 0 unspecified atom stereocenters. The third kappa shape index (κ3) is 3.23. The summed E-state index contributed by atoms with van der Waals surface area (Å²) < 4.78 is 10.2. The van der Waals surface area contributed by atoms with Gasteiger partial charge in [0.25, 0.3) is 0 Å². The number of aromatic hydroxyl groups is 1. The molecule has 0 fully saturated rings. The Balaban J connectivity index is 2.25. The summed E-state index contributed by atoms with van der Waals surface area (Å²) in [4.78, 5) is 0. The van der Waals surface area contributed by atoms with Gasteiger partial charge in [0.2, 0.25) is 0 Å². The van der Waals surface area contributed by atoms with Crippen molar-refractivity contribution >= 4 is 17.8 Å². The molecule has 0 aliphatic carbocycles. The molecular formula is C16H17NO3. The molecule has 20 heavy (non-hydrogen) atoms. The molecular weight excluding hydrogens is 254 g/mol. The minimum absolute atomic E-state index is 0.165. The summed E-state index contributed by atoms with van der Waals surface area (Å²) in [5, 5.41) is 9.58. The van der Waals surface area contributed by atoms with E-state index in [-0.39, 0.29) is 5.75 Å².